The first-order chi connectivity index (χ1) is 13.6. The lowest BCUT2D eigenvalue weighted by Gasteiger charge is -2.25. The summed E-state index contributed by atoms with van der Waals surface area (Å²) in [5, 5.41) is 12.0. The molecule has 0 aliphatic heterocycles. The lowest BCUT2D eigenvalue weighted by atomic mass is 9.81. The maximum absolute atomic E-state index is 12.3. The smallest absolute Gasteiger partial charge is 0.306 e. The second-order valence-corrected chi connectivity index (χ2v) is 7.35. The molecule has 0 unspecified atom stereocenters. The van der Waals surface area contributed by atoms with Gasteiger partial charge in [0.2, 0.25) is 5.91 Å². The van der Waals surface area contributed by atoms with Gasteiger partial charge in [-0.3, -0.25) is 9.59 Å². The Morgan fingerprint density at radius 1 is 0.893 bits per heavy atom. The first-order valence-corrected chi connectivity index (χ1v) is 9.88. The van der Waals surface area contributed by atoms with E-state index < -0.39 is 5.97 Å². The largest absolute Gasteiger partial charge is 0.489 e. The van der Waals surface area contributed by atoms with Crippen LogP contribution in [0.1, 0.15) is 36.8 Å². The molecule has 2 N–H and O–H groups in total. The van der Waals surface area contributed by atoms with Crippen molar-refractivity contribution in [2.24, 2.45) is 11.8 Å². The fourth-order valence-corrected chi connectivity index (χ4v) is 3.57. The third-order valence-corrected chi connectivity index (χ3v) is 5.33. The van der Waals surface area contributed by atoms with E-state index in [0.717, 1.165) is 23.3 Å². The molecule has 1 aliphatic rings. The molecule has 5 heteroatoms. The van der Waals surface area contributed by atoms with Crippen molar-refractivity contribution in [3.05, 3.63) is 65.7 Å². The molecule has 28 heavy (non-hydrogen) atoms. The summed E-state index contributed by atoms with van der Waals surface area (Å²) in [5.74, 6) is -0.204. The second-order valence-electron chi connectivity index (χ2n) is 7.35. The van der Waals surface area contributed by atoms with E-state index in [2.05, 4.69) is 5.32 Å². The molecule has 1 amide bonds. The zero-order valence-electron chi connectivity index (χ0n) is 16.0. The molecule has 0 atom stereocenters. The number of rotatable bonds is 8. The number of nitrogens with one attached hydrogen (secondary N) is 1. The average molecular weight is 381 g/mol. The third-order valence-electron chi connectivity index (χ3n) is 5.33. The zero-order valence-corrected chi connectivity index (χ0v) is 16.0. The number of aliphatic carboxylic acids is 1. The molecule has 0 heterocycles. The molecule has 2 aromatic carbocycles. The van der Waals surface area contributed by atoms with E-state index in [0.29, 0.717) is 38.8 Å². The highest BCUT2D eigenvalue weighted by Gasteiger charge is 2.29. The van der Waals surface area contributed by atoms with Crippen molar-refractivity contribution in [1.82, 2.24) is 5.32 Å². The van der Waals surface area contributed by atoms with Crippen LogP contribution in [0.3, 0.4) is 0 Å². The number of ether oxygens (including phenoxy) is 1. The van der Waals surface area contributed by atoms with Gasteiger partial charge in [0.1, 0.15) is 12.4 Å². The summed E-state index contributed by atoms with van der Waals surface area (Å²) in [5.41, 5.74) is 2.27. The Morgan fingerprint density at radius 2 is 1.54 bits per heavy atom. The summed E-state index contributed by atoms with van der Waals surface area (Å²) in [4.78, 5) is 23.2. The van der Waals surface area contributed by atoms with Crippen LogP contribution in [0.25, 0.3) is 0 Å². The van der Waals surface area contributed by atoms with Crippen molar-refractivity contribution in [3.63, 3.8) is 0 Å². The van der Waals surface area contributed by atoms with E-state index in [-0.39, 0.29) is 17.7 Å². The first-order valence-electron chi connectivity index (χ1n) is 9.88. The van der Waals surface area contributed by atoms with E-state index in [1.807, 2.05) is 54.6 Å². The van der Waals surface area contributed by atoms with E-state index in [1.165, 1.54) is 0 Å². The Kier molecular flexibility index (Phi) is 7.06. The lowest BCUT2D eigenvalue weighted by Crippen LogP contribution is -2.35. The number of amides is 1. The Morgan fingerprint density at radius 3 is 2.18 bits per heavy atom. The van der Waals surface area contributed by atoms with Crippen molar-refractivity contribution in [1.29, 1.82) is 0 Å². The number of hydrogen-bond donors (Lipinski definition) is 2. The highest BCUT2D eigenvalue weighted by atomic mass is 16.5. The van der Waals surface area contributed by atoms with Gasteiger partial charge in [0, 0.05) is 12.5 Å². The van der Waals surface area contributed by atoms with Crippen LogP contribution in [-0.2, 0) is 22.6 Å². The predicted octanol–water partition coefficient (Wildman–Crippen LogP) is 3.82. The molecule has 2 aromatic rings. The van der Waals surface area contributed by atoms with Crippen molar-refractivity contribution < 1.29 is 19.4 Å². The van der Waals surface area contributed by atoms with Gasteiger partial charge in [-0.05, 0) is 55.4 Å². The van der Waals surface area contributed by atoms with Crippen LogP contribution < -0.4 is 10.1 Å². The van der Waals surface area contributed by atoms with E-state index in [4.69, 9.17) is 9.84 Å². The molecule has 0 saturated heterocycles. The van der Waals surface area contributed by atoms with Gasteiger partial charge in [-0.2, -0.15) is 0 Å². The van der Waals surface area contributed by atoms with Gasteiger partial charge in [0.05, 0.1) is 5.92 Å². The minimum Gasteiger partial charge on any atom is -0.489 e. The fourth-order valence-electron chi connectivity index (χ4n) is 3.57. The van der Waals surface area contributed by atoms with Gasteiger partial charge >= 0.3 is 5.97 Å². The average Bonchev–Trinajstić information content (AvgIpc) is 2.74. The standard InChI is InChI=1S/C23H27NO4/c25-22(19-8-10-20(11-9-19)23(26)27)24-15-14-17-6-12-21(13-7-17)28-16-18-4-2-1-3-5-18/h1-7,12-13,19-20H,8-11,14-16H2,(H,24,25)(H,26,27). The van der Waals surface area contributed by atoms with Crippen LogP contribution in [-0.4, -0.2) is 23.5 Å². The van der Waals surface area contributed by atoms with Gasteiger partial charge < -0.3 is 15.2 Å². The number of carbonyl (C=O) groups is 2. The summed E-state index contributed by atoms with van der Waals surface area (Å²) in [6.45, 7) is 1.13. The van der Waals surface area contributed by atoms with Crippen molar-refractivity contribution in [2.45, 2.75) is 38.7 Å². The molecule has 1 aliphatic carbocycles. The van der Waals surface area contributed by atoms with Crippen molar-refractivity contribution >= 4 is 11.9 Å². The van der Waals surface area contributed by atoms with Gasteiger partial charge in [-0.1, -0.05) is 42.5 Å². The van der Waals surface area contributed by atoms with E-state index in [1.54, 1.807) is 0 Å². The van der Waals surface area contributed by atoms with Crippen LogP contribution in [0, 0.1) is 11.8 Å². The Labute approximate surface area is 165 Å². The van der Waals surface area contributed by atoms with Crippen LogP contribution in [0.4, 0.5) is 0 Å². The Bertz CT molecular complexity index is 765. The van der Waals surface area contributed by atoms with Crippen molar-refractivity contribution in [2.75, 3.05) is 6.54 Å². The molecule has 3 rings (SSSR count). The molecule has 0 spiro atoms. The first kappa shape index (κ1) is 19.9. The number of hydrogen-bond acceptors (Lipinski definition) is 3. The fraction of sp³-hybridized carbons (Fsp3) is 0.391. The second kappa shape index (κ2) is 9.93. The Balaban J connectivity index is 1.37. The summed E-state index contributed by atoms with van der Waals surface area (Å²) in [6.07, 6.45) is 3.28. The monoisotopic (exact) mass is 381 g/mol. The molecule has 0 radical (unpaired) electrons. The quantitative estimate of drug-likeness (QED) is 0.729. The number of carboxylic acids is 1. The summed E-state index contributed by atoms with van der Waals surface area (Å²) >= 11 is 0. The lowest BCUT2D eigenvalue weighted by molar-refractivity contribution is -0.144. The van der Waals surface area contributed by atoms with E-state index >= 15 is 0 Å². The minimum atomic E-state index is -0.741. The normalized spacial score (nSPS) is 19.0. The molecule has 5 nitrogen and oxygen atoms in total. The summed E-state index contributed by atoms with van der Waals surface area (Å²) < 4.78 is 5.78. The van der Waals surface area contributed by atoms with E-state index in [9.17, 15) is 9.59 Å². The van der Waals surface area contributed by atoms with Gasteiger partial charge in [0.25, 0.3) is 0 Å². The molecule has 0 aromatic heterocycles. The number of benzene rings is 2. The van der Waals surface area contributed by atoms with Crippen molar-refractivity contribution in [3.8, 4) is 5.75 Å². The topological polar surface area (TPSA) is 75.6 Å². The molecule has 0 bridgehead atoms. The van der Waals surface area contributed by atoms with Crippen LogP contribution >= 0.6 is 0 Å². The SMILES string of the molecule is O=C(O)C1CCC(C(=O)NCCc2ccc(OCc3ccccc3)cc2)CC1. The molecule has 148 valence electrons. The van der Waals surface area contributed by atoms with Gasteiger partial charge in [-0.25, -0.2) is 0 Å². The highest BCUT2D eigenvalue weighted by Crippen LogP contribution is 2.29. The molecule has 1 saturated carbocycles. The van der Waals surface area contributed by atoms with Crippen LogP contribution in [0.15, 0.2) is 54.6 Å². The van der Waals surface area contributed by atoms with Gasteiger partial charge in [0.15, 0.2) is 0 Å². The summed E-state index contributed by atoms with van der Waals surface area (Å²) in [7, 11) is 0. The molecular weight excluding hydrogens is 354 g/mol. The molecular formula is C23H27NO4. The maximum atomic E-state index is 12.3. The highest BCUT2D eigenvalue weighted by molar-refractivity contribution is 5.79. The summed E-state index contributed by atoms with van der Waals surface area (Å²) in [6, 6.07) is 18.0. The van der Waals surface area contributed by atoms with Crippen LogP contribution in [0.5, 0.6) is 5.75 Å². The maximum Gasteiger partial charge on any atom is 0.306 e. The molecule has 1 fully saturated rings. The zero-order chi connectivity index (χ0) is 19.8. The number of carbonyl (C=O) groups excluding carboxylic acids is 1. The predicted molar refractivity (Wildman–Crippen MR) is 107 cm³/mol. The Hall–Kier alpha value is -2.82. The van der Waals surface area contributed by atoms with Crippen LogP contribution in [0.2, 0.25) is 0 Å². The number of carboxylic acid groups (broad SMARTS) is 1. The third kappa shape index (κ3) is 5.84. The minimum absolute atomic E-state index is 0.0478. The van der Waals surface area contributed by atoms with Gasteiger partial charge in [-0.15, -0.1) is 0 Å².